The quantitative estimate of drug-likeness (QED) is 0.170. The summed E-state index contributed by atoms with van der Waals surface area (Å²) < 4.78 is 25.7. The van der Waals surface area contributed by atoms with Crippen molar-refractivity contribution in [2.24, 2.45) is 5.11 Å². The maximum absolute atomic E-state index is 13.0. The van der Waals surface area contributed by atoms with Gasteiger partial charge in [-0.3, -0.25) is 28.7 Å². The number of aryl methyl sites for hydroxylation is 1. The highest BCUT2D eigenvalue weighted by Crippen LogP contribution is 2.30. The van der Waals surface area contributed by atoms with Gasteiger partial charge in [-0.1, -0.05) is 5.11 Å². The molecule has 4 rings (SSSR count). The Hall–Kier alpha value is -3.60. The Morgan fingerprint density at radius 1 is 1.03 bits per heavy atom. The van der Waals surface area contributed by atoms with Gasteiger partial charge in [0.25, 0.3) is 11.1 Å². The normalized spacial score (nSPS) is 27.2. The Labute approximate surface area is 199 Å². The van der Waals surface area contributed by atoms with Crippen LogP contribution < -0.4 is 22.5 Å². The van der Waals surface area contributed by atoms with E-state index in [1.807, 2.05) is 0 Å². The van der Waals surface area contributed by atoms with Crippen molar-refractivity contribution in [3.8, 4) is 0 Å². The molecule has 0 bridgehead atoms. The molecule has 0 saturated carbocycles. The van der Waals surface area contributed by atoms with Gasteiger partial charge in [-0.05, 0) is 12.5 Å². The fraction of sp³-hybridized carbons (Fsp3) is 0.579. The van der Waals surface area contributed by atoms with Crippen molar-refractivity contribution >= 4 is 0 Å². The van der Waals surface area contributed by atoms with Gasteiger partial charge in [0.2, 0.25) is 5.82 Å². The largest absolute Gasteiger partial charge is 0.394 e. The third-order valence-electron chi connectivity index (χ3n) is 5.66. The maximum Gasteiger partial charge on any atom is 0.330 e. The van der Waals surface area contributed by atoms with E-state index in [1.54, 1.807) is 11.9 Å². The molecule has 2 saturated heterocycles. The van der Waals surface area contributed by atoms with Crippen LogP contribution in [0, 0.1) is 12.7 Å². The molecule has 0 aliphatic carbocycles. The molecule has 2 aromatic rings. The van der Waals surface area contributed by atoms with E-state index >= 15 is 0 Å². The molecule has 2 fully saturated rings. The van der Waals surface area contributed by atoms with Crippen LogP contribution in [0.2, 0.25) is 0 Å². The minimum atomic E-state index is -1.12. The predicted molar refractivity (Wildman–Crippen MR) is 118 cm³/mol. The first-order valence-electron chi connectivity index (χ1n) is 10.7. The van der Waals surface area contributed by atoms with Crippen LogP contribution in [0.1, 0.15) is 30.9 Å². The lowest BCUT2D eigenvalue weighted by atomic mass is 10.1. The van der Waals surface area contributed by atoms with Crippen molar-refractivity contribution in [3.05, 3.63) is 75.9 Å². The summed E-state index contributed by atoms with van der Waals surface area (Å²) in [5.41, 5.74) is 5.82. The van der Waals surface area contributed by atoms with Crippen LogP contribution in [0.3, 0.4) is 0 Å². The Balaban J connectivity index is 0.000000202. The van der Waals surface area contributed by atoms with Gasteiger partial charge in [-0.15, -0.1) is 0 Å². The van der Waals surface area contributed by atoms with Gasteiger partial charge in [-0.2, -0.15) is 4.39 Å². The summed E-state index contributed by atoms with van der Waals surface area (Å²) in [4.78, 5) is 51.8. The lowest BCUT2D eigenvalue weighted by Crippen LogP contribution is -2.34. The van der Waals surface area contributed by atoms with Crippen LogP contribution in [0.15, 0.2) is 36.7 Å². The second-order valence-corrected chi connectivity index (χ2v) is 8.06. The van der Waals surface area contributed by atoms with Gasteiger partial charge >= 0.3 is 11.4 Å². The van der Waals surface area contributed by atoms with Gasteiger partial charge in [0.05, 0.1) is 37.7 Å². The molecule has 0 amide bonds. The van der Waals surface area contributed by atoms with Crippen molar-refractivity contribution in [1.29, 1.82) is 0 Å². The second kappa shape index (κ2) is 11.4. The number of azide groups is 1. The zero-order valence-electron chi connectivity index (χ0n) is 18.9. The molecular weight excluding hydrogens is 489 g/mol. The van der Waals surface area contributed by atoms with E-state index in [0.29, 0.717) is 5.56 Å². The topological polar surface area (TPSA) is 238 Å². The summed E-state index contributed by atoms with van der Waals surface area (Å²) in [6.07, 6.45) is -1.57. The minimum Gasteiger partial charge on any atom is -0.394 e. The first-order chi connectivity index (χ1) is 17.1. The highest BCUT2D eigenvalue weighted by atomic mass is 19.1. The number of aliphatic hydroxyl groups excluding tert-OH is 3. The van der Waals surface area contributed by atoms with E-state index < -0.39 is 71.7 Å². The molecule has 196 valence electrons. The minimum absolute atomic E-state index is 0.0383. The Morgan fingerprint density at radius 3 is 2.17 bits per heavy atom. The summed E-state index contributed by atoms with van der Waals surface area (Å²) in [6.45, 7) is 0.855. The lowest BCUT2D eigenvalue weighted by Gasteiger charge is -2.14. The molecule has 0 spiro atoms. The van der Waals surface area contributed by atoms with Crippen LogP contribution in [0.5, 0.6) is 0 Å². The first-order valence-corrected chi connectivity index (χ1v) is 10.7. The van der Waals surface area contributed by atoms with Gasteiger partial charge in [-0.25, -0.2) is 9.59 Å². The number of hydrogen-bond acceptors (Lipinski definition) is 10. The number of hydrogen-bond donors (Lipinski definition) is 5. The molecule has 16 nitrogen and oxygen atoms in total. The number of aromatic nitrogens is 4. The number of nitrogens with zero attached hydrogens (tertiary/aromatic N) is 5. The summed E-state index contributed by atoms with van der Waals surface area (Å²) in [5.74, 6) is -1.12. The molecule has 5 N–H and O–H groups in total. The van der Waals surface area contributed by atoms with Crippen molar-refractivity contribution < 1.29 is 29.2 Å². The van der Waals surface area contributed by atoms with E-state index in [-0.39, 0.29) is 19.4 Å². The number of H-pyrrole nitrogens is 2. The molecule has 0 unspecified atom stereocenters. The number of aromatic amines is 2. The number of aliphatic hydroxyl groups is 3. The Kier molecular flexibility index (Phi) is 8.57. The van der Waals surface area contributed by atoms with Crippen molar-refractivity contribution in [2.45, 2.75) is 56.6 Å². The van der Waals surface area contributed by atoms with Crippen molar-refractivity contribution in [2.75, 3.05) is 13.2 Å². The first kappa shape index (κ1) is 27.0. The maximum atomic E-state index is 13.0. The molecule has 0 aromatic carbocycles. The third kappa shape index (κ3) is 5.78. The predicted octanol–water partition coefficient (Wildman–Crippen LogP) is -1.88. The summed E-state index contributed by atoms with van der Waals surface area (Å²) in [6, 6.07) is -0.542. The summed E-state index contributed by atoms with van der Waals surface area (Å²) >= 11 is 0. The molecule has 6 atom stereocenters. The molecule has 0 radical (unpaired) electrons. The Bertz CT molecular complexity index is 1360. The average molecular weight is 513 g/mol. The number of rotatable bonds is 5. The molecule has 2 aliphatic rings. The van der Waals surface area contributed by atoms with E-state index in [0.717, 1.165) is 10.8 Å². The van der Waals surface area contributed by atoms with Gasteiger partial charge in [0.1, 0.15) is 18.6 Å². The zero-order chi connectivity index (χ0) is 26.6. The van der Waals surface area contributed by atoms with Gasteiger partial charge < -0.3 is 24.8 Å². The summed E-state index contributed by atoms with van der Waals surface area (Å²) in [7, 11) is 0. The number of halogens is 1. The van der Waals surface area contributed by atoms with Crippen LogP contribution in [-0.2, 0) is 9.47 Å². The lowest BCUT2D eigenvalue weighted by molar-refractivity contribution is -0.0462. The Morgan fingerprint density at radius 2 is 1.58 bits per heavy atom. The molecular formula is C19H24FN7O9. The number of nitrogens with one attached hydrogen (secondary N) is 2. The second-order valence-electron chi connectivity index (χ2n) is 8.06. The molecule has 4 heterocycles. The van der Waals surface area contributed by atoms with Gasteiger partial charge in [0.15, 0.2) is 0 Å². The standard InChI is InChI=1S/C10H13N5O4.C9H11FN2O5/c1-5-3-15(10(18)12-9(5)17)8-2-6(13-14-11)7(4-16)19-8;10-4-2-12(9(16)11-8(4)15)7-1-5(14)6(3-13)17-7/h3,6-8,16H,2,4H2,1H3,(H,12,17,18);2,5-7,13-14H,1,3H2,(H,11,15,16)/t6-,7+,8+;5-,6+,7+/m00/s1. The van der Waals surface area contributed by atoms with Crippen LogP contribution in [-0.4, -0.2) is 72.0 Å². The third-order valence-corrected chi connectivity index (χ3v) is 5.66. The average Bonchev–Trinajstić information content (AvgIpc) is 3.42. The van der Waals surface area contributed by atoms with Crippen molar-refractivity contribution in [1.82, 2.24) is 19.1 Å². The molecule has 36 heavy (non-hydrogen) atoms. The van der Waals surface area contributed by atoms with Gasteiger partial charge in [0, 0.05) is 29.5 Å². The molecule has 2 aliphatic heterocycles. The monoisotopic (exact) mass is 513 g/mol. The van der Waals surface area contributed by atoms with E-state index in [9.17, 15) is 28.7 Å². The van der Waals surface area contributed by atoms with Crippen molar-refractivity contribution in [3.63, 3.8) is 0 Å². The molecule has 2 aromatic heterocycles. The van der Waals surface area contributed by atoms with E-state index in [4.69, 9.17) is 25.2 Å². The highest BCUT2D eigenvalue weighted by molar-refractivity contribution is 5.02. The highest BCUT2D eigenvalue weighted by Gasteiger charge is 2.36. The number of ether oxygens (including phenoxy) is 2. The van der Waals surface area contributed by atoms with E-state index in [1.165, 1.54) is 10.8 Å². The zero-order valence-corrected chi connectivity index (χ0v) is 18.9. The summed E-state index contributed by atoms with van der Waals surface area (Å²) in [5, 5.41) is 31.0. The van der Waals surface area contributed by atoms with Crippen LogP contribution in [0.4, 0.5) is 4.39 Å². The van der Waals surface area contributed by atoms with Crippen LogP contribution >= 0.6 is 0 Å². The SMILES string of the molecule is Cc1cn([C@H]2C[C@H](N=[N+]=[N-])[C@@H](CO)O2)c(=O)[nH]c1=O.O=c1[nH]c(=O)n([C@H]2C[C@H](O)[C@@H](CO)O2)cc1F. The van der Waals surface area contributed by atoms with Crippen LogP contribution in [0.25, 0.3) is 10.4 Å². The molecule has 17 heteroatoms. The van der Waals surface area contributed by atoms with E-state index in [2.05, 4.69) is 15.0 Å². The fourth-order valence-corrected chi connectivity index (χ4v) is 3.76. The smallest absolute Gasteiger partial charge is 0.330 e. The fourth-order valence-electron chi connectivity index (χ4n) is 3.76.